The Morgan fingerprint density at radius 3 is 2.30 bits per heavy atom. The van der Waals surface area contributed by atoms with Crippen LogP contribution in [-0.2, 0) is 10.0 Å². The molecule has 1 aromatic heterocycles. The lowest BCUT2D eigenvalue weighted by atomic mass is 10.2. The van der Waals surface area contributed by atoms with Crippen molar-refractivity contribution in [2.45, 2.75) is 4.90 Å². The summed E-state index contributed by atoms with van der Waals surface area (Å²) in [5.41, 5.74) is 1.71. The number of aromatic nitrogens is 2. The van der Waals surface area contributed by atoms with Crippen molar-refractivity contribution in [1.82, 2.24) is 14.3 Å². The van der Waals surface area contributed by atoms with Crippen molar-refractivity contribution in [3.63, 3.8) is 0 Å². The van der Waals surface area contributed by atoms with Crippen LogP contribution in [0.2, 0.25) is 0 Å². The fourth-order valence-corrected chi connectivity index (χ4v) is 5.11. The second kappa shape index (κ2) is 7.60. The van der Waals surface area contributed by atoms with Crippen LogP contribution in [0.3, 0.4) is 0 Å². The monoisotopic (exact) mass is 489 g/mol. The number of fused-ring (bicyclic) bond motifs is 2. The molecule has 0 saturated heterocycles. The van der Waals surface area contributed by atoms with Gasteiger partial charge in [-0.1, -0.05) is 12.1 Å². The van der Waals surface area contributed by atoms with Crippen LogP contribution < -0.4 is 9.80 Å². The highest BCUT2D eigenvalue weighted by atomic mass is 79.9. The minimum Gasteiger partial charge on any atom is -0.355 e. The number of carbonyl (C=O) groups is 1. The molecule has 0 spiro atoms. The van der Waals surface area contributed by atoms with E-state index in [9.17, 15) is 13.2 Å². The quantitative estimate of drug-likeness (QED) is 0.562. The maximum absolute atomic E-state index is 13.4. The lowest BCUT2D eigenvalue weighted by Crippen LogP contribution is -2.43. The van der Waals surface area contributed by atoms with Crippen LogP contribution in [0.15, 0.2) is 51.8 Å². The topological polar surface area (TPSA) is 86.7 Å². The number of likely N-dealkylation sites (N-methyl/N-ethyl adjacent to an activating group) is 1. The molecule has 10 heteroatoms. The molecule has 0 aliphatic carbocycles. The van der Waals surface area contributed by atoms with Gasteiger partial charge in [0.25, 0.3) is 5.91 Å². The van der Waals surface area contributed by atoms with Gasteiger partial charge in [-0.25, -0.2) is 22.7 Å². The summed E-state index contributed by atoms with van der Waals surface area (Å²) >= 11 is 3.28. The number of halogens is 1. The second-order valence-electron chi connectivity index (χ2n) is 7.17. The van der Waals surface area contributed by atoms with E-state index >= 15 is 0 Å². The molecule has 0 atom stereocenters. The Bertz CT molecular complexity index is 1260. The highest BCUT2D eigenvalue weighted by molar-refractivity contribution is 9.10. The fraction of sp³-hybridized carbons (Fsp3) is 0.250. The predicted octanol–water partition coefficient (Wildman–Crippen LogP) is 2.74. The van der Waals surface area contributed by atoms with E-state index in [-0.39, 0.29) is 16.4 Å². The highest BCUT2D eigenvalue weighted by Crippen LogP contribution is 2.32. The Balaban J connectivity index is 1.80. The first-order valence-corrected chi connectivity index (χ1v) is 11.5. The van der Waals surface area contributed by atoms with E-state index in [1.54, 1.807) is 17.0 Å². The number of benzene rings is 2. The Morgan fingerprint density at radius 2 is 1.67 bits per heavy atom. The van der Waals surface area contributed by atoms with Crippen LogP contribution in [0.5, 0.6) is 0 Å². The van der Waals surface area contributed by atoms with Crippen molar-refractivity contribution < 1.29 is 13.2 Å². The van der Waals surface area contributed by atoms with E-state index in [0.29, 0.717) is 34.7 Å². The zero-order valence-corrected chi connectivity index (χ0v) is 19.1. The van der Waals surface area contributed by atoms with E-state index in [2.05, 4.69) is 25.9 Å². The van der Waals surface area contributed by atoms with Gasteiger partial charge in [-0.2, -0.15) is 0 Å². The van der Waals surface area contributed by atoms with Crippen molar-refractivity contribution in [3.8, 4) is 0 Å². The minimum absolute atomic E-state index is 0.0392. The molecule has 156 valence electrons. The lowest BCUT2D eigenvalue weighted by molar-refractivity contribution is 0.0985. The van der Waals surface area contributed by atoms with Gasteiger partial charge in [-0.05, 0) is 46.3 Å². The molecule has 0 fully saturated rings. The van der Waals surface area contributed by atoms with Crippen LogP contribution in [-0.4, -0.2) is 62.8 Å². The molecule has 0 bridgehead atoms. The average molecular weight is 490 g/mol. The van der Waals surface area contributed by atoms with Gasteiger partial charge in [0, 0.05) is 44.3 Å². The number of anilines is 2. The number of para-hydroxylation sites is 2. The second-order valence-corrected chi connectivity index (χ2v) is 10.1. The maximum Gasteiger partial charge on any atom is 0.259 e. The van der Waals surface area contributed by atoms with Gasteiger partial charge in [-0.15, -0.1) is 0 Å². The van der Waals surface area contributed by atoms with Crippen LogP contribution in [0.4, 0.5) is 11.6 Å². The molecular weight excluding hydrogens is 470 g/mol. The van der Waals surface area contributed by atoms with Crippen LogP contribution in [0.1, 0.15) is 10.4 Å². The Hall–Kier alpha value is -2.56. The lowest BCUT2D eigenvalue weighted by Gasteiger charge is -2.33. The summed E-state index contributed by atoms with van der Waals surface area (Å²) in [6, 6.07) is 12.1. The number of hydrogen-bond acceptors (Lipinski definition) is 6. The van der Waals surface area contributed by atoms with Gasteiger partial charge in [0.05, 0.1) is 15.9 Å². The zero-order chi connectivity index (χ0) is 21.6. The third-order valence-electron chi connectivity index (χ3n) is 4.99. The molecule has 0 radical (unpaired) electrons. The number of rotatable bonds is 3. The summed E-state index contributed by atoms with van der Waals surface area (Å²) in [5.74, 6) is 0.760. The molecule has 30 heavy (non-hydrogen) atoms. The number of hydrogen-bond donors (Lipinski definition) is 0. The van der Waals surface area contributed by atoms with E-state index in [1.807, 2.05) is 36.2 Å². The first kappa shape index (κ1) is 20.7. The van der Waals surface area contributed by atoms with Gasteiger partial charge in [-0.3, -0.25) is 9.69 Å². The van der Waals surface area contributed by atoms with E-state index in [4.69, 9.17) is 0 Å². The van der Waals surface area contributed by atoms with Gasteiger partial charge >= 0.3 is 0 Å². The third kappa shape index (κ3) is 3.44. The Labute approximate surface area is 183 Å². The minimum atomic E-state index is -3.71. The molecule has 2 heterocycles. The number of sulfonamides is 1. The fourth-order valence-electron chi connectivity index (χ4n) is 3.26. The van der Waals surface area contributed by atoms with Gasteiger partial charge in [0.2, 0.25) is 10.0 Å². The van der Waals surface area contributed by atoms with E-state index in [0.717, 1.165) is 9.82 Å². The van der Waals surface area contributed by atoms with Gasteiger partial charge in [0.15, 0.2) is 11.6 Å². The molecule has 8 nitrogen and oxygen atoms in total. The normalized spacial score (nSPS) is 14.3. The molecule has 1 amide bonds. The largest absolute Gasteiger partial charge is 0.355 e. The molecule has 0 unspecified atom stereocenters. The van der Waals surface area contributed by atoms with Crippen molar-refractivity contribution in [3.05, 3.63) is 52.5 Å². The number of carbonyl (C=O) groups excluding carboxylic acids is 1. The molecular formula is C20H20BrN5O3S. The van der Waals surface area contributed by atoms with Crippen LogP contribution in [0, 0.1) is 0 Å². The van der Waals surface area contributed by atoms with Gasteiger partial charge < -0.3 is 4.90 Å². The molecule has 4 rings (SSSR count). The highest BCUT2D eigenvalue weighted by Gasteiger charge is 2.30. The summed E-state index contributed by atoms with van der Waals surface area (Å²) in [6.45, 7) is 1.01. The summed E-state index contributed by atoms with van der Waals surface area (Å²) in [7, 11) is 1.10. The van der Waals surface area contributed by atoms with E-state index in [1.165, 1.54) is 20.2 Å². The van der Waals surface area contributed by atoms with Crippen molar-refractivity contribution >= 4 is 54.5 Å². The molecule has 0 N–H and O–H groups in total. The number of nitrogens with zero attached hydrogens (tertiary/aromatic N) is 5. The first-order valence-electron chi connectivity index (χ1n) is 9.22. The SMILES string of the molecule is CN1CCN(C(=O)c2ccc(Br)c(S(=O)(=O)N(C)C)c2)c2nc3ccccc3nc21. The smallest absolute Gasteiger partial charge is 0.259 e. The van der Waals surface area contributed by atoms with Crippen molar-refractivity contribution in [1.29, 1.82) is 0 Å². The van der Waals surface area contributed by atoms with Gasteiger partial charge in [0.1, 0.15) is 0 Å². The van der Waals surface area contributed by atoms with Crippen molar-refractivity contribution in [2.24, 2.45) is 0 Å². The maximum atomic E-state index is 13.4. The Kier molecular flexibility index (Phi) is 5.25. The molecule has 1 aliphatic heterocycles. The van der Waals surface area contributed by atoms with E-state index < -0.39 is 10.0 Å². The Morgan fingerprint density at radius 1 is 1.03 bits per heavy atom. The summed E-state index contributed by atoms with van der Waals surface area (Å²) in [6.07, 6.45) is 0. The molecule has 3 aromatic rings. The van der Waals surface area contributed by atoms with Crippen LogP contribution >= 0.6 is 15.9 Å². The van der Waals surface area contributed by atoms with Crippen molar-refractivity contribution in [2.75, 3.05) is 44.0 Å². The average Bonchev–Trinajstić information content (AvgIpc) is 2.72. The molecule has 0 saturated carbocycles. The zero-order valence-electron chi connectivity index (χ0n) is 16.7. The first-order chi connectivity index (χ1) is 14.2. The summed E-state index contributed by atoms with van der Waals surface area (Å²) in [4.78, 5) is 26.3. The predicted molar refractivity (Wildman–Crippen MR) is 119 cm³/mol. The summed E-state index contributed by atoms with van der Waals surface area (Å²) in [5, 5.41) is 0. The third-order valence-corrected chi connectivity index (χ3v) is 7.80. The summed E-state index contributed by atoms with van der Waals surface area (Å²) < 4.78 is 26.8. The molecule has 2 aromatic carbocycles. The molecule has 1 aliphatic rings. The standard InChI is InChI=1S/C20H20BrN5O3S/c1-24(2)30(28,29)17-12-13(8-9-14(17)21)20(27)26-11-10-25(3)18-19(26)23-16-7-5-4-6-15(16)22-18/h4-9,12H,10-11H2,1-3H3. The number of amides is 1. The van der Waals surface area contributed by atoms with Crippen LogP contribution in [0.25, 0.3) is 11.0 Å².